The molecule has 2 aliphatic heterocycles. The number of pyridine rings is 2. The first-order valence-electron chi connectivity index (χ1n) is 11.0. The fourth-order valence-corrected chi connectivity index (χ4v) is 5.19. The number of hydrogen-bond acceptors (Lipinski definition) is 4. The summed E-state index contributed by atoms with van der Waals surface area (Å²) >= 11 is 0. The highest BCUT2D eigenvalue weighted by Gasteiger charge is 2.38. The zero-order valence-corrected chi connectivity index (χ0v) is 17.7. The molecule has 156 valence electrons. The number of anilines is 1. The largest absolute Gasteiger partial charge is 0.332 e. The first kappa shape index (κ1) is 18.1. The number of fused-ring (bicyclic) bond motifs is 6. The van der Waals surface area contributed by atoms with Gasteiger partial charge in [-0.15, -0.1) is 5.73 Å². The molecule has 2 atom stereocenters. The summed E-state index contributed by atoms with van der Waals surface area (Å²) in [4.78, 5) is 15.9. The molecule has 2 unspecified atom stereocenters. The van der Waals surface area contributed by atoms with Crippen LogP contribution < -0.4 is 4.90 Å². The van der Waals surface area contributed by atoms with Crippen LogP contribution in [-0.2, 0) is 0 Å². The van der Waals surface area contributed by atoms with Crippen LogP contribution in [0, 0.1) is 0 Å². The second kappa shape index (κ2) is 7.02. The smallest absolute Gasteiger partial charge is 0.101 e. The van der Waals surface area contributed by atoms with Crippen molar-refractivity contribution in [3.05, 3.63) is 115 Å². The molecule has 0 fully saturated rings. The Hall–Kier alpha value is -4.47. The van der Waals surface area contributed by atoms with Gasteiger partial charge >= 0.3 is 0 Å². The Labute approximate surface area is 190 Å². The average molecular weight is 425 g/mol. The summed E-state index contributed by atoms with van der Waals surface area (Å²) in [6, 6.07) is 12.9. The lowest BCUT2D eigenvalue weighted by Gasteiger charge is -2.29. The SMILES string of the molecule is C1=CC=C(N2c3ccccc3C3N=CC=CC32)C=C(n2c3ccncc3c3cnccc32)C=1. The lowest BCUT2D eigenvalue weighted by molar-refractivity contribution is 0.657. The van der Waals surface area contributed by atoms with E-state index in [4.69, 9.17) is 4.99 Å². The van der Waals surface area contributed by atoms with Gasteiger partial charge in [0, 0.05) is 64.8 Å². The molecule has 0 saturated carbocycles. The van der Waals surface area contributed by atoms with E-state index < -0.39 is 0 Å². The van der Waals surface area contributed by atoms with Crippen LogP contribution in [0.15, 0.2) is 114 Å². The fourth-order valence-electron chi connectivity index (χ4n) is 5.19. The molecule has 7 rings (SSSR count). The Kier molecular flexibility index (Phi) is 3.86. The van der Waals surface area contributed by atoms with Gasteiger partial charge in [-0.3, -0.25) is 15.0 Å². The maximum Gasteiger partial charge on any atom is 0.101 e. The minimum atomic E-state index is 0.106. The van der Waals surface area contributed by atoms with Crippen molar-refractivity contribution in [3.63, 3.8) is 0 Å². The van der Waals surface area contributed by atoms with Gasteiger partial charge in [0.25, 0.3) is 0 Å². The van der Waals surface area contributed by atoms with Gasteiger partial charge in [0.15, 0.2) is 0 Å². The molecule has 5 nitrogen and oxygen atoms in total. The average Bonchev–Trinajstić information content (AvgIpc) is 3.27. The van der Waals surface area contributed by atoms with Crippen LogP contribution in [0.4, 0.5) is 5.69 Å². The maximum absolute atomic E-state index is 4.80. The first-order valence-corrected chi connectivity index (χ1v) is 11.0. The zero-order chi connectivity index (χ0) is 21.8. The van der Waals surface area contributed by atoms with Gasteiger partial charge in [-0.2, -0.15) is 0 Å². The Morgan fingerprint density at radius 3 is 2.48 bits per heavy atom. The van der Waals surface area contributed by atoms with Crippen molar-refractivity contribution < 1.29 is 0 Å². The van der Waals surface area contributed by atoms with E-state index in [1.165, 1.54) is 11.3 Å². The number of benzene rings is 1. The number of aromatic nitrogens is 3. The van der Waals surface area contributed by atoms with Crippen molar-refractivity contribution in [3.8, 4) is 0 Å². The zero-order valence-electron chi connectivity index (χ0n) is 17.7. The number of rotatable bonds is 2. The highest BCUT2D eigenvalue weighted by atomic mass is 15.2. The highest BCUT2D eigenvalue weighted by molar-refractivity contribution is 6.09. The van der Waals surface area contributed by atoms with Gasteiger partial charge in [0.2, 0.25) is 0 Å². The standard InChI is InChI=1S/C28H19N5/c1-2-7-20(33-24-9-4-3-8-21(24)28-27(33)10-5-13-31-28)16-19(6-1)32-25-11-14-29-17-22(25)23-18-30-15-12-26(23)32/h2-18,27-28H. The summed E-state index contributed by atoms with van der Waals surface area (Å²) in [7, 11) is 0. The fraction of sp³-hybridized carbons (Fsp3) is 0.0714. The van der Waals surface area contributed by atoms with Crippen molar-refractivity contribution in [1.82, 2.24) is 14.5 Å². The minimum Gasteiger partial charge on any atom is -0.332 e. The van der Waals surface area contributed by atoms with Crippen LogP contribution in [0.25, 0.3) is 27.5 Å². The lowest BCUT2D eigenvalue weighted by atomic mass is 10.0. The first-order chi connectivity index (χ1) is 16.4. The van der Waals surface area contributed by atoms with E-state index >= 15 is 0 Å². The quantitative estimate of drug-likeness (QED) is 0.393. The minimum absolute atomic E-state index is 0.106. The van der Waals surface area contributed by atoms with Crippen LogP contribution in [0.5, 0.6) is 0 Å². The number of nitrogens with zero attached hydrogens (tertiary/aromatic N) is 5. The van der Waals surface area contributed by atoms with Gasteiger partial charge < -0.3 is 9.47 Å². The van der Waals surface area contributed by atoms with Crippen molar-refractivity contribution in [2.24, 2.45) is 4.99 Å². The predicted molar refractivity (Wildman–Crippen MR) is 133 cm³/mol. The molecule has 1 aliphatic carbocycles. The van der Waals surface area contributed by atoms with Gasteiger partial charge in [0.1, 0.15) is 6.04 Å². The molecule has 4 aromatic rings. The van der Waals surface area contributed by atoms with Crippen LogP contribution in [0.1, 0.15) is 11.6 Å². The Morgan fingerprint density at radius 1 is 0.879 bits per heavy atom. The molecule has 5 heteroatoms. The second-order valence-corrected chi connectivity index (χ2v) is 8.31. The van der Waals surface area contributed by atoms with Crippen LogP contribution in [0.2, 0.25) is 0 Å². The van der Waals surface area contributed by atoms with Crippen molar-refractivity contribution in [2.45, 2.75) is 12.1 Å². The van der Waals surface area contributed by atoms with E-state index in [1.54, 1.807) is 0 Å². The Bertz CT molecular complexity index is 1570. The van der Waals surface area contributed by atoms with Crippen LogP contribution in [-0.4, -0.2) is 26.8 Å². The molecule has 1 aromatic carbocycles. The van der Waals surface area contributed by atoms with Gasteiger partial charge in [-0.25, -0.2) is 0 Å². The third kappa shape index (κ3) is 2.63. The van der Waals surface area contributed by atoms with E-state index in [9.17, 15) is 0 Å². The van der Waals surface area contributed by atoms with Gasteiger partial charge in [0.05, 0.1) is 22.8 Å². The Morgan fingerprint density at radius 2 is 1.67 bits per heavy atom. The molecule has 0 amide bonds. The van der Waals surface area contributed by atoms with Crippen molar-refractivity contribution >= 4 is 39.4 Å². The number of allylic oxidation sites excluding steroid dienone is 5. The third-order valence-corrected chi connectivity index (χ3v) is 6.56. The lowest BCUT2D eigenvalue weighted by Crippen LogP contribution is -2.32. The Balaban J connectivity index is 1.44. The molecular formula is C28H19N5. The van der Waals surface area contributed by atoms with E-state index in [0.29, 0.717) is 0 Å². The van der Waals surface area contributed by atoms with Crippen LogP contribution in [0.3, 0.4) is 0 Å². The predicted octanol–water partition coefficient (Wildman–Crippen LogP) is 5.60. The van der Waals surface area contributed by atoms with E-state index in [1.807, 2.05) is 49.2 Å². The summed E-state index contributed by atoms with van der Waals surface area (Å²) in [5, 5.41) is 2.18. The van der Waals surface area contributed by atoms with E-state index in [0.717, 1.165) is 33.2 Å². The molecule has 0 saturated heterocycles. The van der Waals surface area contributed by atoms with E-state index in [-0.39, 0.29) is 12.1 Å². The summed E-state index contributed by atoms with van der Waals surface area (Å²) in [5.41, 5.74) is 10.1. The van der Waals surface area contributed by atoms with Crippen molar-refractivity contribution in [2.75, 3.05) is 4.90 Å². The van der Waals surface area contributed by atoms with Gasteiger partial charge in [-0.05, 0) is 42.5 Å². The van der Waals surface area contributed by atoms with Crippen molar-refractivity contribution in [1.29, 1.82) is 0 Å². The molecule has 5 heterocycles. The van der Waals surface area contributed by atoms with Crippen LogP contribution >= 0.6 is 0 Å². The summed E-state index contributed by atoms with van der Waals surface area (Å²) in [5.74, 6) is 0. The number of para-hydroxylation sites is 1. The maximum atomic E-state index is 4.80. The number of aliphatic imine (C=N–C) groups is 1. The summed E-state index contributed by atoms with van der Waals surface area (Å²) < 4.78 is 2.27. The second-order valence-electron chi connectivity index (χ2n) is 8.31. The molecule has 0 spiro atoms. The van der Waals surface area contributed by atoms with Gasteiger partial charge in [-0.1, -0.05) is 24.3 Å². The normalized spacial score (nSPS) is 20.7. The summed E-state index contributed by atoms with van der Waals surface area (Å²) in [6.45, 7) is 0. The van der Waals surface area contributed by atoms with E-state index in [2.05, 4.69) is 79.8 Å². The number of hydrogen-bond donors (Lipinski definition) is 0. The molecule has 0 N–H and O–H groups in total. The molecule has 3 aromatic heterocycles. The molecule has 3 aliphatic rings. The monoisotopic (exact) mass is 425 g/mol. The molecular weight excluding hydrogens is 406 g/mol. The topological polar surface area (TPSA) is 46.3 Å². The molecule has 0 bridgehead atoms. The summed E-state index contributed by atoms with van der Waals surface area (Å²) in [6.07, 6.45) is 22.1. The highest BCUT2D eigenvalue weighted by Crippen LogP contribution is 2.46. The molecule has 33 heavy (non-hydrogen) atoms. The molecule has 0 radical (unpaired) electrons. The third-order valence-electron chi connectivity index (χ3n) is 6.56. The number of dihydropyridines is 1.